The van der Waals surface area contributed by atoms with Gasteiger partial charge in [0.25, 0.3) is 0 Å². The molecule has 0 heterocycles. The summed E-state index contributed by atoms with van der Waals surface area (Å²) < 4.78 is 5.46. The summed E-state index contributed by atoms with van der Waals surface area (Å²) in [6.45, 7) is 6.82. The van der Waals surface area contributed by atoms with Crippen LogP contribution in [-0.2, 0) is 11.3 Å². The molecule has 3 nitrogen and oxygen atoms in total. The molecule has 17 heavy (non-hydrogen) atoms. The molecular weight excluding hydrogens is 214 g/mol. The normalized spacial score (nSPS) is 11.0. The molecule has 0 spiro atoms. The minimum Gasteiger partial charge on any atom is -0.508 e. The fourth-order valence-electron chi connectivity index (χ4n) is 1.52. The molecule has 96 valence electrons. The van der Waals surface area contributed by atoms with Crippen LogP contribution in [0.5, 0.6) is 5.75 Å². The summed E-state index contributed by atoms with van der Waals surface area (Å²) in [4.78, 5) is 0. The molecule has 3 heteroatoms. The van der Waals surface area contributed by atoms with Gasteiger partial charge in [-0.3, -0.25) is 0 Å². The maximum Gasteiger partial charge on any atom is 0.115 e. The summed E-state index contributed by atoms with van der Waals surface area (Å²) in [5.74, 6) is 0.319. The maximum atomic E-state index is 9.14. The van der Waals surface area contributed by atoms with Crippen molar-refractivity contribution < 1.29 is 9.84 Å². The van der Waals surface area contributed by atoms with Crippen molar-refractivity contribution in [1.29, 1.82) is 0 Å². The van der Waals surface area contributed by atoms with Gasteiger partial charge in [0.15, 0.2) is 0 Å². The number of phenols is 1. The number of aromatic hydroxyl groups is 1. The lowest BCUT2D eigenvalue weighted by Crippen LogP contribution is -2.15. The maximum absolute atomic E-state index is 9.14. The van der Waals surface area contributed by atoms with E-state index in [1.54, 1.807) is 12.1 Å². The molecule has 0 fully saturated rings. The van der Waals surface area contributed by atoms with Gasteiger partial charge < -0.3 is 15.2 Å². The first-order chi connectivity index (χ1) is 8.18. The van der Waals surface area contributed by atoms with E-state index in [1.165, 1.54) is 5.56 Å². The van der Waals surface area contributed by atoms with Gasteiger partial charge in [-0.25, -0.2) is 0 Å². The Balaban J connectivity index is 1.99. The summed E-state index contributed by atoms with van der Waals surface area (Å²) in [7, 11) is 0. The van der Waals surface area contributed by atoms with Crippen LogP contribution in [0.3, 0.4) is 0 Å². The molecule has 0 amide bonds. The second-order valence-corrected chi connectivity index (χ2v) is 4.47. The van der Waals surface area contributed by atoms with Gasteiger partial charge in [-0.2, -0.15) is 0 Å². The number of nitrogens with one attached hydrogen (secondary N) is 1. The average molecular weight is 237 g/mol. The van der Waals surface area contributed by atoms with Crippen LogP contribution in [0.25, 0.3) is 0 Å². The number of ether oxygens (including phenoxy) is 1. The second kappa shape index (κ2) is 8.09. The van der Waals surface area contributed by atoms with Crippen molar-refractivity contribution in [2.24, 2.45) is 0 Å². The van der Waals surface area contributed by atoms with E-state index in [0.717, 1.165) is 32.5 Å². The Morgan fingerprint density at radius 2 is 1.88 bits per heavy atom. The minimum atomic E-state index is 0.319. The van der Waals surface area contributed by atoms with Gasteiger partial charge in [-0.1, -0.05) is 12.1 Å². The van der Waals surface area contributed by atoms with E-state index in [4.69, 9.17) is 9.84 Å². The largest absolute Gasteiger partial charge is 0.508 e. The second-order valence-electron chi connectivity index (χ2n) is 4.47. The Hall–Kier alpha value is -1.06. The molecule has 1 rings (SSSR count). The molecule has 0 bridgehead atoms. The van der Waals surface area contributed by atoms with Crippen LogP contribution in [0, 0.1) is 0 Å². The monoisotopic (exact) mass is 237 g/mol. The lowest BCUT2D eigenvalue weighted by molar-refractivity contribution is 0.0760. The third-order valence-corrected chi connectivity index (χ3v) is 2.46. The molecule has 0 unspecified atom stereocenters. The molecule has 0 saturated heterocycles. The molecule has 0 aliphatic heterocycles. The number of rotatable bonds is 8. The molecular formula is C14H23NO2. The Morgan fingerprint density at radius 3 is 2.53 bits per heavy atom. The first-order valence-corrected chi connectivity index (χ1v) is 6.28. The Bertz CT molecular complexity index is 296. The van der Waals surface area contributed by atoms with Crippen LogP contribution in [0.2, 0.25) is 0 Å². The summed E-state index contributed by atoms with van der Waals surface area (Å²) in [5, 5.41) is 12.5. The van der Waals surface area contributed by atoms with E-state index in [9.17, 15) is 0 Å². The van der Waals surface area contributed by atoms with E-state index in [2.05, 4.69) is 19.2 Å². The zero-order valence-corrected chi connectivity index (χ0v) is 10.8. The smallest absolute Gasteiger partial charge is 0.115 e. The van der Waals surface area contributed by atoms with Crippen LogP contribution < -0.4 is 5.32 Å². The number of hydrogen-bond acceptors (Lipinski definition) is 3. The molecule has 0 aliphatic rings. The van der Waals surface area contributed by atoms with Crippen LogP contribution in [-0.4, -0.2) is 24.4 Å². The molecule has 0 atom stereocenters. The molecule has 2 N–H and O–H groups in total. The first kappa shape index (κ1) is 14.0. The van der Waals surface area contributed by atoms with Gasteiger partial charge in [0.1, 0.15) is 5.75 Å². The molecule has 1 aromatic rings. The summed E-state index contributed by atoms with van der Waals surface area (Å²) in [6.07, 6.45) is 2.56. The highest BCUT2D eigenvalue weighted by atomic mass is 16.5. The Labute approximate surface area is 104 Å². The SMILES string of the molecule is CC(C)OCCCCNCc1ccc(O)cc1. The Kier molecular flexibility index (Phi) is 6.67. The van der Waals surface area contributed by atoms with E-state index < -0.39 is 0 Å². The van der Waals surface area contributed by atoms with Crippen LogP contribution >= 0.6 is 0 Å². The first-order valence-electron chi connectivity index (χ1n) is 6.28. The summed E-state index contributed by atoms with van der Waals surface area (Å²) in [6, 6.07) is 7.30. The van der Waals surface area contributed by atoms with E-state index in [-0.39, 0.29) is 0 Å². The fourth-order valence-corrected chi connectivity index (χ4v) is 1.52. The van der Waals surface area contributed by atoms with E-state index in [0.29, 0.717) is 11.9 Å². The van der Waals surface area contributed by atoms with Crippen molar-refractivity contribution in [1.82, 2.24) is 5.32 Å². The number of unbranched alkanes of at least 4 members (excludes halogenated alkanes) is 1. The topological polar surface area (TPSA) is 41.5 Å². The van der Waals surface area contributed by atoms with Gasteiger partial charge in [-0.15, -0.1) is 0 Å². The predicted octanol–water partition coefficient (Wildman–Crippen LogP) is 2.69. The van der Waals surface area contributed by atoms with Gasteiger partial charge in [-0.05, 0) is 50.9 Å². The van der Waals surface area contributed by atoms with Crippen LogP contribution in [0.4, 0.5) is 0 Å². The molecule has 1 aromatic carbocycles. The quantitative estimate of drug-likeness (QED) is 0.683. The number of benzene rings is 1. The van der Waals surface area contributed by atoms with Gasteiger partial charge in [0.2, 0.25) is 0 Å². The zero-order valence-electron chi connectivity index (χ0n) is 10.8. The van der Waals surface area contributed by atoms with Crippen molar-refractivity contribution in [2.75, 3.05) is 13.2 Å². The van der Waals surface area contributed by atoms with Crippen molar-refractivity contribution in [2.45, 2.75) is 39.3 Å². The number of hydrogen-bond donors (Lipinski definition) is 2. The van der Waals surface area contributed by atoms with Crippen molar-refractivity contribution in [3.8, 4) is 5.75 Å². The van der Waals surface area contributed by atoms with Gasteiger partial charge >= 0.3 is 0 Å². The minimum absolute atomic E-state index is 0.319. The molecule has 0 saturated carbocycles. The summed E-state index contributed by atoms with van der Waals surface area (Å²) >= 11 is 0. The highest BCUT2D eigenvalue weighted by molar-refractivity contribution is 5.25. The molecule has 0 aromatic heterocycles. The van der Waals surface area contributed by atoms with E-state index in [1.807, 2.05) is 12.1 Å². The highest BCUT2D eigenvalue weighted by Gasteiger charge is 1.95. The number of phenolic OH excluding ortho intramolecular Hbond substituents is 1. The van der Waals surface area contributed by atoms with Crippen molar-refractivity contribution in [3.05, 3.63) is 29.8 Å². The molecule has 0 aliphatic carbocycles. The van der Waals surface area contributed by atoms with Crippen molar-refractivity contribution >= 4 is 0 Å². The summed E-state index contributed by atoms with van der Waals surface area (Å²) in [5.41, 5.74) is 1.20. The third kappa shape index (κ3) is 6.97. The average Bonchev–Trinajstić information content (AvgIpc) is 2.30. The molecule has 0 radical (unpaired) electrons. The zero-order chi connectivity index (χ0) is 12.5. The van der Waals surface area contributed by atoms with Crippen LogP contribution in [0.15, 0.2) is 24.3 Å². The highest BCUT2D eigenvalue weighted by Crippen LogP contribution is 2.09. The lowest BCUT2D eigenvalue weighted by atomic mass is 10.2. The standard InChI is InChI=1S/C14H23NO2/c1-12(2)17-10-4-3-9-15-11-13-5-7-14(16)8-6-13/h5-8,12,15-16H,3-4,9-11H2,1-2H3. The fraction of sp³-hybridized carbons (Fsp3) is 0.571. The third-order valence-electron chi connectivity index (χ3n) is 2.46. The van der Waals surface area contributed by atoms with Gasteiger partial charge in [0, 0.05) is 13.2 Å². The lowest BCUT2D eigenvalue weighted by Gasteiger charge is -2.08. The predicted molar refractivity (Wildman–Crippen MR) is 70.1 cm³/mol. The van der Waals surface area contributed by atoms with Crippen molar-refractivity contribution in [3.63, 3.8) is 0 Å². The van der Waals surface area contributed by atoms with Gasteiger partial charge in [0.05, 0.1) is 6.10 Å². The Morgan fingerprint density at radius 1 is 1.18 bits per heavy atom. The van der Waals surface area contributed by atoms with Crippen LogP contribution in [0.1, 0.15) is 32.3 Å². The van der Waals surface area contributed by atoms with E-state index >= 15 is 0 Å².